The molecule has 5 heteroatoms. The van der Waals surface area contributed by atoms with E-state index in [4.69, 9.17) is 4.74 Å². The molecule has 0 radical (unpaired) electrons. The molecule has 17 heavy (non-hydrogen) atoms. The number of hydrogen-bond acceptors (Lipinski definition) is 4. The summed E-state index contributed by atoms with van der Waals surface area (Å²) in [7, 11) is 0. The van der Waals surface area contributed by atoms with Crippen LogP contribution < -0.4 is 5.32 Å². The molecule has 2 saturated heterocycles. The molecule has 0 aromatic rings. The van der Waals surface area contributed by atoms with Crippen LogP contribution in [-0.4, -0.2) is 60.6 Å². The Hall–Kier alpha value is 0.359. The molecule has 0 amide bonds. The van der Waals surface area contributed by atoms with E-state index in [0.717, 1.165) is 5.32 Å². The number of nitrogens with one attached hydrogen (secondary N) is 1. The molecule has 3 aliphatic rings. The van der Waals surface area contributed by atoms with E-state index in [1.165, 1.54) is 32.1 Å². The number of fused-ring (bicyclic) bond motifs is 2. The van der Waals surface area contributed by atoms with Crippen LogP contribution in [0.4, 0.5) is 0 Å². The Labute approximate surface area is 108 Å². The molecule has 3 fully saturated rings. The predicted molar refractivity (Wildman–Crippen MR) is 65.0 cm³/mol. The van der Waals surface area contributed by atoms with Crippen molar-refractivity contribution < 1.29 is 14.9 Å². The van der Waals surface area contributed by atoms with Crippen LogP contribution in [-0.2, 0) is 4.74 Å². The SMILES string of the molecule is O[C@@H]1[C@@H](O)[C@H]2O[C@H](C[Se]2)[C@H]1NC1CCCCC1. The van der Waals surface area contributed by atoms with Gasteiger partial charge in [-0.1, -0.05) is 0 Å². The van der Waals surface area contributed by atoms with Gasteiger partial charge in [0.25, 0.3) is 0 Å². The summed E-state index contributed by atoms with van der Waals surface area (Å²) in [6.45, 7) is 0. The second-order valence-corrected chi connectivity index (χ2v) is 7.76. The van der Waals surface area contributed by atoms with Crippen molar-refractivity contribution in [3.05, 3.63) is 0 Å². The van der Waals surface area contributed by atoms with E-state index in [0.29, 0.717) is 21.0 Å². The minimum atomic E-state index is -0.685. The summed E-state index contributed by atoms with van der Waals surface area (Å²) in [4.78, 5) is 0. The first-order valence-electron chi connectivity index (χ1n) is 6.65. The maximum absolute atomic E-state index is 10.2. The van der Waals surface area contributed by atoms with Gasteiger partial charge in [-0.15, -0.1) is 0 Å². The molecule has 4 nitrogen and oxygen atoms in total. The third-order valence-electron chi connectivity index (χ3n) is 4.16. The molecular formula is C12H21NO3Se. The first-order chi connectivity index (χ1) is 8.25. The van der Waals surface area contributed by atoms with Crippen LogP contribution >= 0.6 is 0 Å². The Morgan fingerprint density at radius 2 is 1.82 bits per heavy atom. The van der Waals surface area contributed by atoms with Gasteiger partial charge in [0, 0.05) is 0 Å². The molecule has 0 unspecified atom stereocenters. The first kappa shape index (κ1) is 12.4. The third kappa shape index (κ3) is 2.42. The van der Waals surface area contributed by atoms with Gasteiger partial charge in [0.2, 0.25) is 0 Å². The number of ether oxygens (including phenoxy) is 1. The normalized spacial score (nSPS) is 47.3. The molecule has 3 rings (SSSR count). The molecule has 0 aromatic carbocycles. The van der Waals surface area contributed by atoms with Gasteiger partial charge in [0.05, 0.1) is 0 Å². The number of hydrogen-bond donors (Lipinski definition) is 3. The van der Waals surface area contributed by atoms with Crippen molar-refractivity contribution in [1.82, 2.24) is 5.32 Å². The molecule has 2 aliphatic heterocycles. The average Bonchev–Trinajstić information content (AvgIpc) is 2.80. The van der Waals surface area contributed by atoms with Crippen LogP contribution in [0.5, 0.6) is 0 Å². The summed E-state index contributed by atoms with van der Waals surface area (Å²) < 4.78 is 5.79. The van der Waals surface area contributed by atoms with E-state index in [2.05, 4.69) is 5.32 Å². The van der Waals surface area contributed by atoms with Gasteiger partial charge in [-0.05, 0) is 0 Å². The van der Waals surface area contributed by atoms with Crippen LogP contribution in [0.2, 0.25) is 5.32 Å². The van der Waals surface area contributed by atoms with E-state index >= 15 is 0 Å². The molecule has 1 saturated carbocycles. The van der Waals surface area contributed by atoms with E-state index in [-0.39, 0.29) is 17.1 Å². The molecule has 2 heterocycles. The van der Waals surface area contributed by atoms with Crippen LogP contribution in [0.25, 0.3) is 0 Å². The van der Waals surface area contributed by atoms with Gasteiger partial charge in [-0.2, -0.15) is 0 Å². The summed E-state index contributed by atoms with van der Waals surface area (Å²) in [5.74, 6) is 0. The third-order valence-corrected chi connectivity index (χ3v) is 6.76. The summed E-state index contributed by atoms with van der Waals surface area (Å²) in [6, 6.07) is 0.442. The molecule has 0 aromatic heterocycles. The fourth-order valence-corrected chi connectivity index (χ4v) is 5.76. The van der Waals surface area contributed by atoms with E-state index in [1.54, 1.807) is 0 Å². The van der Waals surface area contributed by atoms with Crippen LogP contribution in [0.3, 0.4) is 0 Å². The Balaban J connectivity index is 1.64. The van der Waals surface area contributed by atoms with Crippen molar-refractivity contribution in [2.75, 3.05) is 0 Å². The Bertz CT molecular complexity index is 272. The maximum atomic E-state index is 10.2. The molecule has 1 aliphatic carbocycles. The standard InChI is InChI=1S/C12H21NO3Se/c14-10-9(13-7-4-2-1-3-5-7)8-6-17-12(16-8)11(10)15/h7-15H,1-6H2/t8-,9-,10+,11-,12+/m1/s1. The quantitative estimate of drug-likeness (QED) is 0.622. The van der Waals surface area contributed by atoms with Crippen molar-refractivity contribution >= 4 is 15.0 Å². The van der Waals surface area contributed by atoms with Crippen molar-refractivity contribution in [1.29, 1.82) is 0 Å². The van der Waals surface area contributed by atoms with Gasteiger partial charge in [-0.3, -0.25) is 0 Å². The van der Waals surface area contributed by atoms with Gasteiger partial charge in [0.15, 0.2) is 0 Å². The Kier molecular flexibility index (Phi) is 3.76. The zero-order valence-electron chi connectivity index (χ0n) is 9.92. The number of aliphatic hydroxyl groups excluding tert-OH is 2. The number of aliphatic hydroxyl groups is 2. The molecule has 2 bridgehead atoms. The average molecular weight is 306 g/mol. The zero-order valence-corrected chi connectivity index (χ0v) is 11.6. The monoisotopic (exact) mass is 307 g/mol. The van der Waals surface area contributed by atoms with Gasteiger partial charge in [0.1, 0.15) is 0 Å². The van der Waals surface area contributed by atoms with Crippen LogP contribution in [0.1, 0.15) is 32.1 Å². The predicted octanol–water partition coefficient (Wildman–Crippen LogP) is -0.140. The second kappa shape index (κ2) is 5.16. The Morgan fingerprint density at radius 1 is 1.06 bits per heavy atom. The minimum absolute atomic E-state index is 0.0614. The van der Waals surface area contributed by atoms with Gasteiger partial charge >= 0.3 is 108 Å². The molecule has 5 atom stereocenters. The van der Waals surface area contributed by atoms with E-state index in [1.807, 2.05) is 0 Å². The second-order valence-electron chi connectivity index (χ2n) is 5.38. The summed E-state index contributed by atoms with van der Waals surface area (Å²) >= 11 is 0.327. The van der Waals surface area contributed by atoms with Crippen molar-refractivity contribution in [2.24, 2.45) is 0 Å². The summed E-state index contributed by atoms with van der Waals surface area (Å²) in [5, 5.41) is 24.6. The topological polar surface area (TPSA) is 61.7 Å². The van der Waals surface area contributed by atoms with E-state index in [9.17, 15) is 10.2 Å². The molecule has 3 N–H and O–H groups in total. The van der Waals surface area contributed by atoms with Gasteiger partial charge < -0.3 is 0 Å². The fourth-order valence-electron chi connectivity index (χ4n) is 3.15. The zero-order chi connectivity index (χ0) is 11.8. The van der Waals surface area contributed by atoms with Gasteiger partial charge in [-0.25, -0.2) is 0 Å². The first-order valence-corrected chi connectivity index (χ1v) is 8.85. The molecular weight excluding hydrogens is 285 g/mol. The van der Waals surface area contributed by atoms with Crippen LogP contribution in [0, 0.1) is 0 Å². The van der Waals surface area contributed by atoms with Crippen molar-refractivity contribution in [2.45, 2.75) is 72.8 Å². The van der Waals surface area contributed by atoms with Crippen molar-refractivity contribution in [3.63, 3.8) is 0 Å². The summed E-state index contributed by atoms with van der Waals surface area (Å²) in [5.41, 5.74) is 0. The Morgan fingerprint density at radius 3 is 2.59 bits per heavy atom. The molecule has 0 spiro atoms. The molecule has 98 valence electrons. The van der Waals surface area contributed by atoms with E-state index < -0.39 is 12.2 Å². The fraction of sp³-hybridized carbons (Fsp3) is 1.00. The summed E-state index contributed by atoms with van der Waals surface area (Å²) in [6.07, 6.45) is 5.07. The van der Waals surface area contributed by atoms with Crippen LogP contribution in [0.15, 0.2) is 0 Å². The number of rotatable bonds is 2. The van der Waals surface area contributed by atoms with Crippen molar-refractivity contribution in [3.8, 4) is 0 Å².